The molecule has 8 aliphatic rings. The molecule has 0 unspecified atom stereocenters. The summed E-state index contributed by atoms with van der Waals surface area (Å²) in [7, 11) is 0. The number of cyclic esters (lactones) is 1. The highest BCUT2D eigenvalue weighted by molar-refractivity contribution is 5.89. The molecule has 4 aliphatic heterocycles. The summed E-state index contributed by atoms with van der Waals surface area (Å²) in [5.41, 5.74) is -0.230. The molecule has 8 rings (SSSR count). The van der Waals surface area contributed by atoms with Crippen molar-refractivity contribution in [2.45, 2.75) is 285 Å². The largest absolute Gasteiger partial charge is 0.463 e. The average molecular weight is 1450 g/mol. The summed E-state index contributed by atoms with van der Waals surface area (Å²) in [6.07, 6.45) is -25.1. The second-order valence-electron chi connectivity index (χ2n) is 28.1. The molecule has 4 heterocycles. The minimum atomic E-state index is -2.13. The highest BCUT2D eigenvalue weighted by Crippen LogP contribution is 2.69. The van der Waals surface area contributed by atoms with Crippen molar-refractivity contribution in [3.8, 4) is 0 Å². The molecule has 3 saturated carbocycles. The fourth-order valence-electron chi connectivity index (χ4n) is 17.0. The molecule has 32 nitrogen and oxygen atoms in total. The van der Waals surface area contributed by atoms with E-state index in [1.54, 1.807) is 6.92 Å². The van der Waals surface area contributed by atoms with Crippen molar-refractivity contribution in [1.82, 2.24) is 0 Å². The van der Waals surface area contributed by atoms with Crippen molar-refractivity contribution in [2.24, 2.45) is 34.5 Å². The molecule has 6 fully saturated rings. The lowest BCUT2D eigenvalue weighted by molar-refractivity contribution is -0.390. The van der Waals surface area contributed by atoms with Crippen molar-refractivity contribution >= 4 is 77.6 Å². The third-order valence-corrected chi connectivity index (χ3v) is 21.0. The molecular weight excluding hydrogens is 1350 g/mol. The third-order valence-electron chi connectivity index (χ3n) is 21.0. The average Bonchev–Trinajstić information content (AvgIpc) is 1.37. The Labute approximate surface area is 590 Å². The first-order chi connectivity index (χ1) is 47.7. The number of esters is 13. The highest BCUT2D eigenvalue weighted by atomic mass is 16.8. The second-order valence-corrected chi connectivity index (χ2v) is 28.1. The molecule has 102 heavy (non-hydrogen) atoms. The first-order valence-corrected chi connectivity index (χ1v) is 34.2. The Morgan fingerprint density at radius 2 is 0.882 bits per heavy atom. The molecule has 0 aromatic rings. The van der Waals surface area contributed by atoms with Gasteiger partial charge in [-0.2, -0.15) is 0 Å². The molecule has 0 spiro atoms. The summed E-state index contributed by atoms with van der Waals surface area (Å²) < 4.78 is 116. The van der Waals surface area contributed by atoms with Gasteiger partial charge in [0, 0.05) is 113 Å². The topological polar surface area (TPSA) is 397 Å². The summed E-state index contributed by atoms with van der Waals surface area (Å²) in [4.78, 5) is 170. The van der Waals surface area contributed by atoms with Crippen LogP contribution in [0.4, 0.5) is 0 Å². The smallest absolute Gasteiger partial charge is 0.334 e. The number of allylic oxidation sites excluding steroid dienone is 1. The van der Waals surface area contributed by atoms with Gasteiger partial charge in [-0.1, -0.05) is 31.1 Å². The Hall–Kier alpha value is -7.65. The van der Waals surface area contributed by atoms with Crippen LogP contribution >= 0.6 is 0 Å². The molecular formula is C70H96O32. The highest BCUT2D eigenvalue weighted by Gasteiger charge is 2.67. The zero-order chi connectivity index (χ0) is 75.4. The van der Waals surface area contributed by atoms with Crippen molar-refractivity contribution < 1.29 is 152 Å². The van der Waals surface area contributed by atoms with Crippen molar-refractivity contribution in [3.63, 3.8) is 0 Å². The molecule has 0 aromatic carbocycles. The van der Waals surface area contributed by atoms with E-state index in [2.05, 4.69) is 19.9 Å². The number of rotatable bonds is 23. The molecule has 0 radical (unpaired) electrons. The lowest BCUT2D eigenvalue weighted by Gasteiger charge is -2.61. The Balaban J connectivity index is 1.25. The van der Waals surface area contributed by atoms with E-state index in [1.165, 1.54) is 13.8 Å². The zero-order valence-corrected chi connectivity index (χ0v) is 60.6. The number of carbonyl (C=O) groups is 13. The predicted octanol–water partition coefficient (Wildman–Crippen LogP) is 4.62. The van der Waals surface area contributed by atoms with Gasteiger partial charge in [0.05, 0.1) is 6.10 Å². The molecule has 0 bridgehead atoms. The first kappa shape index (κ1) is 80.0. The van der Waals surface area contributed by atoms with Crippen LogP contribution in [-0.2, 0) is 152 Å². The van der Waals surface area contributed by atoms with Crippen LogP contribution in [0, 0.1) is 34.5 Å². The van der Waals surface area contributed by atoms with Crippen LogP contribution in [0.25, 0.3) is 0 Å². The van der Waals surface area contributed by atoms with Gasteiger partial charge >= 0.3 is 77.6 Å². The number of fused-ring (bicyclic) bond motifs is 5. The van der Waals surface area contributed by atoms with E-state index in [1.807, 2.05) is 13.8 Å². The maximum absolute atomic E-state index is 13.9. The molecule has 568 valence electrons. The maximum atomic E-state index is 13.9. The number of hydrogen-bond donors (Lipinski definition) is 0. The van der Waals surface area contributed by atoms with Crippen LogP contribution in [0.5, 0.6) is 0 Å². The van der Waals surface area contributed by atoms with E-state index in [4.69, 9.17) is 90.0 Å². The van der Waals surface area contributed by atoms with Crippen molar-refractivity contribution in [3.05, 3.63) is 22.8 Å². The van der Waals surface area contributed by atoms with E-state index in [-0.39, 0.29) is 36.5 Å². The summed E-state index contributed by atoms with van der Waals surface area (Å²) >= 11 is 0. The van der Waals surface area contributed by atoms with E-state index < -0.39 is 224 Å². The monoisotopic (exact) mass is 1450 g/mol. The molecule has 3 saturated heterocycles. The van der Waals surface area contributed by atoms with Gasteiger partial charge < -0.3 is 90.0 Å². The molecule has 4 aliphatic carbocycles. The summed E-state index contributed by atoms with van der Waals surface area (Å²) in [6.45, 7) is 20.2. The van der Waals surface area contributed by atoms with Crippen LogP contribution in [0.3, 0.4) is 0 Å². The van der Waals surface area contributed by atoms with Gasteiger partial charge in [-0.25, -0.2) is 4.79 Å². The molecule has 0 N–H and O–H groups in total. The predicted molar refractivity (Wildman–Crippen MR) is 339 cm³/mol. The maximum Gasteiger partial charge on any atom is 0.334 e. The SMILES string of the molecule is CC(=O)OC[C@H]1O[C@@H](O[C@@H]2[C@@H](OC(C)=O)[C@H](O[C@@H]3CC4=CC[C@H]5[C@@H]6CC[C@H]([C@@](C)(OC(C)=O)[C@H]7CC(C)=C(C)C(=O)O7)[C@@]6(C)CC[C@@H]5[C@@]4(C)[C@@H](OC(C)=O)C3)O[C@H](COC(C)=O)[C@H]2O[C@@H]2O[C@H](COC(C)=O)[C@@H](OC(C)=O)[C@H](OC(C)=O)[C@H]2OC(C)=O)[C@H](OC(C)=O)[C@@H](OC(C)=O)[C@@H]1OC(C)=O. The second kappa shape index (κ2) is 33.0. The quantitative estimate of drug-likeness (QED) is 0.0764. The van der Waals surface area contributed by atoms with Gasteiger partial charge in [0.1, 0.15) is 68.1 Å². The summed E-state index contributed by atoms with van der Waals surface area (Å²) in [5.74, 6) is -11.6. The number of carbonyl (C=O) groups excluding carboxylic acids is 13. The van der Waals surface area contributed by atoms with Gasteiger partial charge in [0.15, 0.2) is 61.6 Å². The standard InChI is InChI=1S/C70H96O32/c1-30-24-54(99-64(83)31(30)2)70(17,102-43(14)82)52-21-20-47-46-19-18-44-25-45(26-53(87-35(6)74)69(44,16)48(46)22-23-68(47,52)15)95-65-63(94-42(13)81)60(101-67-62(93-41(12)80)59(91-39(10)78)56(89-37(8)76)50(98-67)28-85-33(4)72)57(51(96-65)29-86-34(5)73)100-66-61(92-40(11)79)58(90-38(9)77)55(88-36(7)75)49(97-66)27-84-32(3)71/h18,45-63,65-67H,19-29H2,1-17H3/t45-,46+,47+,48+,49-,50-,51-,52+,53+,54-,55-,56-,57-,58+,59+,60+,61-,62-,63-,65-,66+,67+,68+,69+,70-/m1/s1. The lowest BCUT2D eigenvalue weighted by Crippen LogP contribution is -2.69. The van der Waals surface area contributed by atoms with Gasteiger partial charge in [-0.15, -0.1) is 0 Å². The molecule has 0 amide bonds. The van der Waals surface area contributed by atoms with Crippen LogP contribution in [0.2, 0.25) is 0 Å². The van der Waals surface area contributed by atoms with Gasteiger partial charge in [0.25, 0.3) is 0 Å². The Morgan fingerprint density at radius 3 is 1.31 bits per heavy atom. The van der Waals surface area contributed by atoms with Crippen LogP contribution in [0.1, 0.15) is 169 Å². The Bertz CT molecular complexity index is 3280. The van der Waals surface area contributed by atoms with E-state index >= 15 is 0 Å². The van der Waals surface area contributed by atoms with Gasteiger partial charge in [-0.05, 0) is 82.5 Å². The minimum absolute atomic E-state index is 0.0165. The fourth-order valence-corrected chi connectivity index (χ4v) is 17.0. The van der Waals surface area contributed by atoms with Crippen LogP contribution in [-0.4, -0.2) is 213 Å². The van der Waals surface area contributed by atoms with Crippen LogP contribution in [0.15, 0.2) is 22.8 Å². The van der Waals surface area contributed by atoms with Crippen molar-refractivity contribution in [1.29, 1.82) is 0 Å². The first-order valence-electron chi connectivity index (χ1n) is 34.2. The lowest BCUT2D eigenvalue weighted by atomic mass is 9.46. The van der Waals surface area contributed by atoms with Gasteiger partial charge in [0.2, 0.25) is 0 Å². The molecule has 25 atom stereocenters. The minimum Gasteiger partial charge on any atom is -0.463 e. The van der Waals surface area contributed by atoms with E-state index in [9.17, 15) is 62.3 Å². The normalized spacial score (nSPS) is 36.8. The fraction of sp³-hybridized carbons (Fsp3) is 0.757. The number of ether oxygens (including phenoxy) is 19. The summed E-state index contributed by atoms with van der Waals surface area (Å²) in [5, 5.41) is 0. The Morgan fingerprint density at radius 1 is 0.471 bits per heavy atom. The van der Waals surface area contributed by atoms with E-state index in [0.29, 0.717) is 37.7 Å². The summed E-state index contributed by atoms with van der Waals surface area (Å²) in [6, 6.07) is 0. The van der Waals surface area contributed by atoms with Gasteiger partial charge in [-0.3, -0.25) is 57.5 Å². The third kappa shape index (κ3) is 18.1. The Kier molecular flexibility index (Phi) is 25.9. The zero-order valence-electron chi connectivity index (χ0n) is 60.6. The molecule has 0 aromatic heterocycles. The van der Waals surface area contributed by atoms with E-state index in [0.717, 1.165) is 86.8 Å². The molecule has 32 heteroatoms. The number of hydrogen-bond acceptors (Lipinski definition) is 32. The van der Waals surface area contributed by atoms with Crippen LogP contribution < -0.4 is 0 Å². The van der Waals surface area contributed by atoms with Crippen molar-refractivity contribution in [2.75, 3.05) is 19.8 Å².